The SMILES string of the molecule is CC(=O)COC(=O)Cc1cc[c-]cc1.CC1=C(c2cc[c-]cc2)C(=O)OC1.CCC.CCC(C)=O.CCC(I)(I)I.CCC(I)I.CCCI.CCOC(=O)Cc1cc[c-]cc1.CC[CH-]I.O=C(O)Cc1cc[c-]cc1.[CH3-].[CH3-].[CH3-].[CH3-].[CH3-].[CH3-].[CH3-].[CH3-].[Na+].[OH-].[V].[W].[W].[W].[W].[Y].[Y].[Y].[Y]. The van der Waals surface area contributed by atoms with Crippen molar-refractivity contribution in [2.45, 2.75) is 135 Å². The number of aliphatic carboxylic acids is 1. The molecule has 4 aromatic rings. The van der Waals surface area contributed by atoms with Gasteiger partial charge in [0.25, 0.3) is 0 Å². The smallest absolute Gasteiger partial charge is 0.870 e. The standard InChI is InChI=1S/C11H11O3.C11H9O2.C10H11O2.C8H7O2.C4H8O.C3H5I3.C3H6I2.C3H7I.C3H6I.C3H8.8CH3.Na.H2O.V.4W.4Y/c1-9(12)8-14-11(13)7-10-5-3-2-4-6-10;1-8-7-13-11(12)10(8)9-5-3-2-4-6-9;1-2-12-10(11)8-9-6-4-3-5-7-9;9-8(10)6-7-4-2-1-3-5-7;1-3-4(2)5;1-2-3(4,5)6;1-2-3(4)5;2*1-2-3-4;1-3-2;;;;;;;;;;;;;;;;;;;/h3-6H,7-8H2,1H3;3-6H,7H2,1H3;4-7H,2,8H2,1H3;2-5H,6H2,(H,9,10);3H2,1-2H3;2H2,1H3;3H,2H2,1H3;2-3H2,1H3;3H,2H2,1H3;3H2,1-2H3;8*1H3;;1H2;;;;;;;;;/q4*-1;;;;;-1;;8*-1;+1;;;;;;;;;;/p-1. The Morgan fingerprint density at radius 1 is 0.611 bits per heavy atom. The van der Waals surface area contributed by atoms with E-state index in [-0.39, 0.29) is 377 Å². The molecule has 5 radical (unpaired) electrons. The van der Waals surface area contributed by atoms with Crippen molar-refractivity contribution in [3.05, 3.63) is 213 Å². The summed E-state index contributed by atoms with van der Waals surface area (Å²) in [5.74, 6) is -1.48. The van der Waals surface area contributed by atoms with E-state index in [9.17, 15) is 28.8 Å². The molecule has 95 heavy (non-hydrogen) atoms. The number of benzene rings is 4. The first kappa shape index (κ1) is 171. The summed E-state index contributed by atoms with van der Waals surface area (Å²) in [6.07, 6.45) is 7.55. The summed E-state index contributed by atoms with van der Waals surface area (Å²) in [5.41, 5.74) is 5.25. The monoisotopic (exact) mass is 3140 g/mol. The number of halogens is 7. The summed E-state index contributed by atoms with van der Waals surface area (Å²) >= 11 is 16.6. The number of alkyl halides is 6. The fraction of sp³-hybridized carbons (Fsp3) is 0.388. The topological polar surface area (TPSA) is 180 Å². The van der Waals surface area contributed by atoms with Crippen LogP contribution in [-0.4, -0.2) is 71.6 Å². The Labute approximate surface area is 871 Å². The molecule has 0 aliphatic carbocycles. The van der Waals surface area contributed by atoms with Crippen LogP contribution in [-0.2, 0) is 296 Å². The average Bonchev–Trinajstić information content (AvgIpc) is 3.74. The Kier molecular flexibility index (Phi) is 231. The van der Waals surface area contributed by atoms with E-state index in [4.69, 9.17) is 19.3 Å². The van der Waals surface area contributed by atoms with Crippen LogP contribution in [0.1, 0.15) is 137 Å². The van der Waals surface area contributed by atoms with Crippen molar-refractivity contribution < 1.29 is 317 Å². The second-order valence-electron chi connectivity index (χ2n) is 15.1. The first-order valence-electron chi connectivity index (χ1n) is 24.5. The number of hydrogen-bond donors (Lipinski definition) is 1. The van der Waals surface area contributed by atoms with Gasteiger partial charge in [0.05, 0.1) is 8.54 Å². The zero-order chi connectivity index (χ0) is 59.2. The van der Waals surface area contributed by atoms with Crippen LogP contribution in [0.4, 0.5) is 0 Å². The molecule has 0 bridgehead atoms. The van der Waals surface area contributed by atoms with E-state index in [0.717, 1.165) is 29.8 Å². The number of carbonyl (C=O) groups excluding carboxylic acids is 5. The van der Waals surface area contributed by atoms with Crippen LogP contribution < -0.4 is 29.6 Å². The van der Waals surface area contributed by atoms with E-state index in [1.165, 1.54) is 43.5 Å². The minimum atomic E-state index is -0.800. The summed E-state index contributed by atoms with van der Waals surface area (Å²) in [6, 6.07) is 40.0. The van der Waals surface area contributed by atoms with Crippen LogP contribution in [0, 0.1) is 88.1 Å². The molecular formula is C67H103I7NaO11VW4Y4-13. The number of ketones is 2. The fourth-order valence-corrected chi connectivity index (χ4v) is 3.98. The number of esters is 3. The molecule has 0 fully saturated rings. The van der Waals surface area contributed by atoms with Crippen molar-refractivity contribution in [2.24, 2.45) is 0 Å². The molecule has 0 unspecified atom stereocenters. The van der Waals surface area contributed by atoms with Gasteiger partial charge in [-0.2, -0.15) is 128 Å². The van der Waals surface area contributed by atoms with Gasteiger partial charge in [0.1, 0.15) is 18.4 Å². The Balaban J connectivity index is -0.0000000271. The summed E-state index contributed by atoms with van der Waals surface area (Å²) in [7, 11) is 0. The van der Waals surface area contributed by atoms with Gasteiger partial charge < -0.3 is 112 Å². The number of cyclic esters (lactones) is 1. The maximum absolute atomic E-state index is 11.3. The first-order chi connectivity index (χ1) is 35.9. The molecule has 5 rings (SSSR count). The molecule has 0 atom stereocenters. The zero-order valence-electron chi connectivity index (χ0n) is 59.7. The molecule has 0 aromatic heterocycles. The van der Waals surface area contributed by atoms with Gasteiger partial charge in [-0.3, -0.25) is 23.6 Å². The fourth-order valence-electron chi connectivity index (χ4n) is 3.98. The molecule has 11 nitrogen and oxygen atoms in total. The number of Topliss-reactive ketones (excluding diaryl/α,β-unsaturated/α-hetero) is 2. The van der Waals surface area contributed by atoms with Crippen LogP contribution >= 0.6 is 158 Å². The van der Waals surface area contributed by atoms with Gasteiger partial charge in [0.15, 0.2) is 5.78 Å². The van der Waals surface area contributed by atoms with Gasteiger partial charge in [-0.25, -0.2) is 4.79 Å². The molecule has 2 N–H and O–H groups in total. The van der Waals surface area contributed by atoms with Crippen LogP contribution in [0.5, 0.6) is 0 Å². The Bertz CT molecular complexity index is 2110. The van der Waals surface area contributed by atoms with Crippen LogP contribution in [0.3, 0.4) is 0 Å². The van der Waals surface area contributed by atoms with Gasteiger partial charge in [-0.05, 0) is 57.0 Å². The second-order valence-corrected chi connectivity index (χ2v) is 34.2. The molecule has 1 aliphatic heterocycles. The molecule has 28 heteroatoms. The number of carbonyl (C=O) groups is 6. The van der Waals surface area contributed by atoms with Crippen molar-refractivity contribution in [3.8, 4) is 0 Å². The van der Waals surface area contributed by atoms with E-state index in [1.807, 2.05) is 38.1 Å². The van der Waals surface area contributed by atoms with E-state index in [1.54, 1.807) is 86.6 Å². The Morgan fingerprint density at radius 3 is 1.06 bits per heavy atom. The average molecular weight is 3140 g/mol. The summed E-state index contributed by atoms with van der Waals surface area (Å²) in [5, 5.41) is 8.36. The van der Waals surface area contributed by atoms with Gasteiger partial charge in [-0.15, -0.1) is 22.3 Å². The minimum Gasteiger partial charge on any atom is -0.870 e. The van der Waals surface area contributed by atoms with Crippen molar-refractivity contribution >= 4 is 199 Å². The molecule has 0 saturated carbocycles. The van der Waals surface area contributed by atoms with Crippen molar-refractivity contribution in [3.63, 3.8) is 0 Å². The van der Waals surface area contributed by atoms with Crippen molar-refractivity contribution in [1.29, 1.82) is 0 Å². The summed E-state index contributed by atoms with van der Waals surface area (Å²) in [6.45, 7) is 22.2. The number of hydrogen-bond acceptors (Lipinski definition) is 10. The van der Waals surface area contributed by atoms with Gasteiger partial charge in [0.2, 0.25) is 0 Å². The molecule has 1 aliphatic rings. The quantitative estimate of drug-likeness (QED) is 0.0299. The molecule has 4 aromatic carbocycles. The third-order valence-electron chi connectivity index (χ3n) is 7.76. The van der Waals surface area contributed by atoms with E-state index >= 15 is 0 Å². The normalized spacial score (nSPS) is 8.26. The summed E-state index contributed by atoms with van der Waals surface area (Å²) < 4.78 is 19.1. The molecule has 0 saturated heterocycles. The molecule has 0 amide bonds. The Hall–Kier alpha value is 7.66. The van der Waals surface area contributed by atoms with E-state index < -0.39 is 5.97 Å². The number of rotatable bonds is 15. The molecule has 541 valence electrons. The second kappa shape index (κ2) is 128. The predicted octanol–water partition coefficient (Wildman–Crippen LogP) is 18.3. The number of carboxylic acids is 1. The minimum absolute atomic E-state index is 0. The maximum Gasteiger partial charge on any atom is 1.00 e. The van der Waals surface area contributed by atoms with Crippen molar-refractivity contribution in [1.82, 2.24) is 0 Å². The van der Waals surface area contributed by atoms with Gasteiger partial charge in [0, 0.05) is 265 Å². The third-order valence-corrected chi connectivity index (χ3v) is 13.8. The molecule has 1 heterocycles. The van der Waals surface area contributed by atoms with E-state index in [0.29, 0.717) is 31.1 Å². The maximum atomic E-state index is 11.3. The summed E-state index contributed by atoms with van der Waals surface area (Å²) in [4.78, 5) is 63.9. The largest absolute Gasteiger partial charge is 1.00 e. The van der Waals surface area contributed by atoms with E-state index in [2.05, 4.69) is 228 Å². The third kappa shape index (κ3) is 138. The first-order valence-corrected chi connectivity index (χ1v) is 33.0. The van der Waals surface area contributed by atoms with Crippen LogP contribution in [0.15, 0.2) is 103 Å². The van der Waals surface area contributed by atoms with Crippen molar-refractivity contribution in [2.75, 3.05) is 24.2 Å². The Morgan fingerprint density at radius 2 is 0.874 bits per heavy atom. The van der Waals surface area contributed by atoms with Gasteiger partial charge >= 0.3 is 53.4 Å². The van der Waals surface area contributed by atoms with Gasteiger partial charge in [-0.1, -0.05) is 190 Å². The molecular weight excluding hydrogens is 3030 g/mol. The van der Waals surface area contributed by atoms with Crippen LogP contribution in [0.2, 0.25) is 0 Å². The number of ether oxygens (including phenoxy) is 3. The molecule has 0 spiro atoms. The van der Waals surface area contributed by atoms with Crippen LogP contribution in [0.25, 0.3) is 5.57 Å². The zero-order valence-corrected chi connectivity index (χ0v) is 101. The predicted molar refractivity (Wildman–Crippen MR) is 427 cm³/mol. The number of carboxylic acid groups (broad SMARTS) is 1.